The third-order valence-electron chi connectivity index (χ3n) is 5.24. The summed E-state index contributed by atoms with van der Waals surface area (Å²) in [6, 6.07) is 8.42. The summed E-state index contributed by atoms with van der Waals surface area (Å²) < 4.78 is 0. The Balaban J connectivity index is 1.75. The molecule has 1 amide bonds. The number of carbonyl (C=O) groups excluding carboxylic acids is 1. The fourth-order valence-electron chi connectivity index (χ4n) is 3.72. The monoisotopic (exact) mass is 366 g/mol. The van der Waals surface area contributed by atoms with E-state index in [1.165, 1.54) is 19.3 Å². The summed E-state index contributed by atoms with van der Waals surface area (Å²) in [4.78, 5) is 24.0. The summed E-state index contributed by atoms with van der Waals surface area (Å²) in [5, 5.41) is 3.02. The molecule has 0 saturated carbocycles. The van der Waals surface area contributed by atoms with Crippen LogP contribution >= 0.6 is 0 Å². The van der Waals surface area contributed by atoms with Gasteiger partial charge in [-0.15, -0.1) is 0 Å². The first-order valence-electron chi connectivity index (χ1n) is 9.89. The molecule has 1 atom stereocenters. The van der Waals surface area contributed by atoms with Gasteiger partial charge >= 0.3 is 0 Å². The summed E-state index contributed by atoms with van der Waals surface area (Å²) in [5.41, 5.74) is 2.37. The van der Waals surface area contributed by atoms with E-state index in [-0.39, 0.29) is 11.3 Å². The Labute approximate surface area is 162 Å². The molecule has 2 heterocycles. The van der Waals surface area contributed by atoms with Crippen molar-refractivity contribution in [3.05, 3.63) is 47.8 Å². The number of rotatable bonds is 4. The van der Waals surface area contributed by atoms with Gasteiger partial charge in [-0.3, -0.25) is 4.79 Å². The van der Waals surface area contributed by atoms with Crippen molar-refractivity contribution in [1.29, 1.82) is 0 Å². The number of nitrogens with zero attached hydrogens (tertiary/aromatic N) is 3. The van der Waals surface area contributed by atoms with Gasteiger partial charge < -0.3 is 10.2 Å². The number of aromatic nitrogens is 2. The number of piperidine rings is 1. The molecule has 0 spiro atoms. The number of carbonyl (C=O) groups is 1. The highest BCUT2D eigenvalue weighted by atomic mass is 16.1. The van der Waals surface area contributed by atoms with Gasteiger partial charge in [0.2, 0.25) is 5.95 Å². The van der Waals surface area contributed by atoms with Crippen LogP contribution < -0.4 is 10.2 Å². The second-order valence-corrected chi connectivity index (χ2v) is 8.27. The van der Waals surface area contributed by atoms with Gasteiger partial charge in [0, 0.05) is 30.7 Å². The molecule has 2 aromatic rings. The molecule has 3 rings (SSSR count). The first-order chi connectivity index (χ1) is 12.9. The molecule has 1 aromatic heterocycles. The first-order valence-corrected chi connectivity index (χ1v) is 9.89. The fraction of sp³-hybridized carbons (Fsp3) is 0.500. The quantitative estimate of drug-likeness (QED) is 0.845. The van der Waals surface area contributed by atoms with Crippen molar-refractivity contribution in [2.45, 2.75) is 64.8 Å². The maximum Gasteiger partial charge on any atom is 0.258 e. The van der Waals surface area contributed by atoms with Gasteiger partial charge in [0.15, 0.2) is 0 Å². The van der Waals surface area contributed by atoms with E-state index in [2.05, 4.69) is 53.9 Å². The van der Waals surface area contributed by atoms with Gasteiger partial charge in [0.05, 0.1) is 5.56 Å². The Hall–Kier alpha value is -2.43. The van der Waals surface area contributed by atoms with Crippen LogP contribution in [0.1, 0.15) is 69.3 Å². The molecule has 1 unspecified atom stereocenters. The molecular weight excluding hydrogens is 336 g/mol. The highest BCUT2D eigenvalue weighted by molar-refractivity contribution is 6.04. The maximum atomic E-state index is 12.7. The SMILES string of the molecule is CCC1CCCCN1c1ncc(C(=O)Nc2ccccc2C(C)(C)C)cn1. The van der Waals surface area contributed by atoms with Crippen LogP contribution in [0.5, 0.6) is 0 Å². The third-order valence-corrected chi connectivity index (χ3v) is 5.24. The van der Waals surface area contributed by atoms with Gasteiger partial charge in [-0.25, -0.2) is 9.97 Å². The summed E-state index contributed by atoms with van der Waals surface area (Å²) in [5.74, 6) is 0.553. The topological polar surface area (TPSA) is 58.1 Å². The number of nitrogens with one attached hydrogen (secondary N) is 1. The van der Waals surface area contributed by atoms with E-state index in [4.69, 9.17) is 0 Å². The largest absolute Gasteiger partial charge is 0.338 e. The van der Waals surface area contributed by atoms with E-state index in [0.717, 1.165) is 30.2 Å². The van der Waals surface area contributed by atoms with Crippen LogP contribution in [-0.2, 0) is 5.41 Å². The molecule has 0 radical (unpaired) electrons. The van der Waals surface area contributed by atoms with Crippen molar-refractivity contribution >= 4 is 17.5 Å². The molecule has 1 aliphatic rings. The molecule has 144 valence electrons. The normalized spacial score (nSPS) is 17.6. The Morgan fingerprint density at radius 3 is 2.56 bits per heavy atom. The fourth-order valence-corrected chi connectivity index (χ4v) is 3.72. The average molecular weight is 367 g/mol. The number of amides is 1. The molecule has 5 heteroatoms. The second-order valence-electron chi connectivity index (χ2n) is 8.27. The smallest absolute Gasteiger partial charge is 0.258 e. The molecule has 1 aromatic carbocycles. The van der Waals surface area contributed by atoms with Gasteiger partial charge in [0.25, 0.3) is 5.91 Å². The second kappa shape index (κ2) is 8.07. The molecule has 1 fully saturated rings. The van der Waals surface area contributed by atoms with Gasteiger partial charge in [-0.2, -0.15) is 0 Å². The van der Waals surface area contributed by atoms with Gasteiger partial charge in [-0.05, 0) is 42.7 Å². The average Bonchev–Trinajstić information content (AvgIpc) is 2.67. The summed E-state index contributed by atoms with van der Waals surface area (Å²) in [6.45, 7) is 9.61. The third kappa shape index (κ3) is 4.46. The van der Waals surface area contributed by atoms with Gasteiger partial charge in [0.1, 0.15) is 0 Å². The minimum Gasteiger partial charge on any atom is -0.338 e. The number of hydrogen-bond donors (Lipinski definition) is 1. The number of hydrogen-bond acceptors (Lipinski definition) is 4. The minimum absolute atomic E-state index is 0.0480. The molecule has 1 N–H and O–H groups in total. The Bertz CT molecular complexity index is 780. The van der Waals surface area contributed by atoms with Crippen molar-refractivity contribution in [2.75, 3.05) is 16.8 Å². The van der Waals surface area contributed by atoms with Crippen LogP contribution in [0.15, 0.2) is 36.7 Å². The van der Waals surface area contributed by atoms with Crippen LogP contribution in [0.25, 0.3) is 0 Å². The maximum absolute atomic E-state index is 12.7. The van der Waals surface area contributed by atoms with Crippen molar-refractivity contribution < 1.29 is 4.79 Å². The molecule has 27 heavy (non-hydrogen) atoms. The number of para-hydroxylation sites is 1. The zero-order valence-corrected chi connectivity index (χ0v) is 16.8. The van der Waals surface area contributed by atoms with Crippen LogP contribution in [0.2, 0.25) is 0 Å². The molecular formula is C22H30N4O. The number of anilines is 2. The summed E-state index contributed by atoms with van der Waals surface area (Å²) in [7, 11) is 0. The van der Waals surface area contributed by atoms with Crippen molar-refractivity contribution in [3.8, 4) is 0 Å². The molecule has 1 aliphatic heterocycles. The Morgan fingerprint density at radius 2 is 1.89 bits per heavy atom. The minimum atomic E-state index is -0.177. The number of benzene rings is 1. The standard InChI is InChI=1S/C22H30N4O/c1-5-17-10-8-9-13-26(17)21-23-14-16(15-24-21)20(27)25-19-12-7-6-11-18(19)22(2,3)4/h6-7,11-12,14-15,17H,5,8-10,13H2,1-4H3,(H,25,27). The van der Waals surface area contributed by atoms with Crippen LogP contribution in [0.4, 0.5) is 11.6 Å². The molecule has 0 bridgehead atoms. The van der Waals surface area contributed by atoms with Crippen LogP contribution in [0, 0.1) is 0 Å². The van der Waals surface area contributed by atoms with Crippen molar-refractivity contribution in [2.24, 2.45) is 0 Å². The molecule has 0 aliphatic carbocycles. The lowest BCUT2D eigenvalue weighted by molar-refractivity contribution is 0.102. The van der Waals surface area contributed by atoms with E-state index >= 15 is 0 Å². The molecule has 1 saturated heterocycles. The lowest BCUT2D eigenvalue weighted by atomic mass is 9.86. The summed E-state index contributed by atoms with van der Waals surface area (Å²) >= 11 is 0. The van der Waals surface area contributed by atoms with E-state index in [1.54, 1.807) is 12.4 Å². The lowest BCUT2D eigenvalue weighted by Crippen LogP contribution is -2.40. The summed E-state index contributed by atoms with van der Waals surface area (Å²) in [6.07, 6.45) is 7.99. The molecule has 5 nitrogen and oxygen atoms in total. The van der Waals surface area contributed by atoms with Crippen molar-refractivity contribution in [3.63, 3.8) is 0 Å². The van der Waals surface area contributed by atoms with E-state index in [1.807, 2.05) is 18.2 Å². The highest BCUT2D eigenvalue weighted by Gasteiger charge is 2.23. The van der Waals surface area contributed by atoms with Gasteiger partial charge in [-0.1, -0.05) is 45.9 Å². The highest BCUT2D eigenvalue weighted by Crippen LogP contribution is 2.29. The van der Waals surface area contributed by atoms with E-state index in [9.17, 15) is 4.79 Å². The van der Waals surface area contributed by atoms with Crippen molar-refractivity contribution in [1.82, 2.24) is 9.97 Å². The predicted molar refractivity (Wildman–Crippen MR) is 110 cm³/mol. The van der Waals surface area contributed by atoms with Crippen LogP contribution in [-0.4, -0.2) is 28.5 Å². The Morgan fingerprint density at radius 1 is 1.19 bits per heavy atom. The lowest BCUT2D eigenvalue weighted by Gasteiger charge is -2.35. The predicted octanol–water partition coefficient (Wildman–Crippen LogP) is 4.80. The Kier molecular flexibility index (Phi) is 5.78. The van der Waals surface area contributed by atoms with E-state index in [0.29, 0.717) is 11.6 Å². The zero-order valence-electron chi connectivity index (χ0n) is 16.8. The first kappa shape index (κ1) is 19.3. The van der Waals surface area contributed by atoms with Crippen LogP contribution in [0.3, 0.4) is 0 Å². The van der Waals surface area contributed by atoms with E-state index < -0.39 is 0 Å². The zero-order chi connectivity index (χ0) is 19.4.